The summed E-state index contributed by atoms with van der Waals surface area (Å²) in [7, 11) is 0. The maximum Gasteiger partial charge on any atom is 0.342 e. The van der Waals surface area contributed by atoms with E-state index in [0.29, 0.717) is 33.2 Å². The van der Waals surface area contributed by atoms with Crippen molar-refractivity contribution in [2.75, 3.05) is 13.2 Å². The van der Waals surface area contributed by atoms with Gasteiger partial charge in [0.1, 0.15) is 11.7 Å². The second kappa shape index (κ2) is 9.56. The van der Waals surface area contributed by atoms with Crippen LogP contribution in [0, 0.1) is 30.4 Å². The van der Waals surface area contributed by atoms with Crippen molar-refractivity contribution in [2.45, 2.75) is 23.8 Å². The van der Waals surface area contributed by atoms with Gasteiger partial charge in [-0.2, -0.15) is 8.78 Å². The lowest BCUT2D eigenvalue weighted by Gasteiger charge is -2.23. The highest BCUT2D eigenvalue weighted by Crippen LogP contribution is 2.38. The first kappa shape index (κ1) is 22.9. The Morgan fingerprint density at radius 3 is 2.17 bits per heavy atom. The number of hydrogen-bond donors (Lipinski definition) is 1. The van der Waals surface area contributed by atoms with Crippen LogP contribution in [0.5, 0.6) is 11.5 Å². The second-order valence-electron chi connectivity index (χ2n) is 6.02. The Hall–Kier alpha value is -0.800. The van der Waals surface area contributed by atoms with Gasteiger partial charge in [0.25, 0.3) is 0 Å². The van der Waals surface area contributed by atoms with Crippen molar-refractivity contribution in [2.24, 2.45) is 0 Å². The number of thiol groups is 1. The van der Waals surface area contributed by atoms with E-state index in [1.807, 2.05) is 22.6 Å². The molecule has 0 aliphatic carbocycles. The highest BCUT2D eigenvalue weighted by molar-refractivity contribution is 14.1. The minimum Gasteiger partial charge on any atom is -0.458 e. The van der Waals surface area contributed by atoms with Crippen molar-refractivity contribution in [3.63, 3.8) is 0 Å². The van der Waals surface area contributed by atoms with Gasteiger partial charge >= 0.3 is 5.97 Å². The first-order valence-corrected chi connectivity index (χ1v) is 10.8. The molecule has 1 heterocycles. The fourth-order valence-electron chi connectivity index (χ4n) is 2.62. The van der Waals surface area contributed by atoms with Crippen LogP contribution in [0.15, 0.2) is 17.0 Å². The predicted molar refractivity (Wildman–Crippen MR) is 115 cm³/mol. The second-order valence-corrected chi connectivity index (χ2v) is 8.87. The van der Waals surface area contributed by atoms with E-state index in [4.69, 9.17) is 14.2 Å². The van der Waals surface area contributed by atoms with E-state index >= 15 is 0 Å². The summed E-state index contributed by atoms with van der Waals surface area (Å²) in [6.07, 6.45) is 0.629. The third kappa shape index (κ3) is 4.93. The topological polar surface area (TPSA) is 44.8 Å². The van der Waals surface area contributed by atoms with E-state index in [-0.39, 0.29) is 17.4 Å². The molecule has 3 rings (SSSR count). The Bertz CT molecular complexity index is 939. The van der Waals surface area contributed by atoms with E-state index in [9.17, 15) is 22.4 Å². The molecule has 2 aromatic carbocycles. The van der Waals surface area contributed by atoms with E-state index in [0.717, 1.165) is 0 Å². The number of halogens is 6. The lowest BCUT2D eigenvalue weighted by Crippen LogP contribution is -2.26. The Morgan fingerprint density at radius 1 is 1.00 bits per heavy atom. The summed E-state index contributed by atoms with van der Waals surface area (Å²) in [5, 5.41) is 0. The largest absolute Gasteiger partial charge is 0.458 e. The molecule has 1 aliphatic heterocycles. The van der Waals surface area contributed by atoms with Crippen LogP contribution in [-0.2, 0) is 9.47 Å². The van der Waals surface area contributed by atoms with Crippen LogP contribution in [0.4, 0.5) is 17.6 Å². The van der Waals surface area contributed by atoms with Gasteiger partial charge in [-0.05, 0) is 57.3 Å². The summed E-state index contributed by atoms with van der Waals surface area (Å²) in [5.41, 5.74) is -0.123. The number of ether oxygens (including phenoxy) is 3. The summed E-state index contributed by atoms with van der Waals surface area (Å²) in [6.45, 7) is 0.881. The molecule has 1 fully saturated rings. The molecular weight excluding hydrogens is 642 g/mol. The molecule has 156 valence electrons. The van der Waals surface area contributed by atoms with Gasteiger partial charge in [0.15, 0.2) is 17.4 Å². The van der Waals surface area contributed by atoms with E-state index in [2.05, 4.69) is 12.6 Å². The van der Waals surface area contributed by atoms with Gasteiger partial charge in [0.2, 0.25) is 17.4 Å². The summed E-state index contributed by atoms with van der Waals surface area (Å²) < 4.78 is 72.8. The number of hydrogen-bond acceptors (Lipinski definition) is 5. The zero-order chi connectivity index (χ0) is 21.3. The van der Waals surface area contributed by atoms with E-state index in [1.54, 1.807) is 28.7 Å². The molecule has 0 bridgehead atoms. The summed E-state index contributed by atoms with van der Waals surface area (Å²) in [5.74, 6) is -9.28. The average Bonchev–Trinajstić information content (AvgIpc) is 2.70. The molecule has 1 saturated heterocycles. The van der Waals surface area contributed by atoms with Crippen molar-refractivity contribution < 1.29 is 36.6 Å². The molecule has 0 aromatic heterocycles. The molecule has 29 heavy (non-hydrogen) atoms. The molecule has 0 spiro atoms. The molecule has 0 N–H and O–H groups in total. The maximum absolute atomic E-state index is 14.2. The number of rotatable bonds is 4. The highest BCUT2D eigenvalue weighted by Gasteiger charge is 2.29. The molecule has 4 nitrogen and oxygen atoms in total. The average molecular weight is 654 g/mol. The standard InChI is InChI=1S/C18H12F4I2O4S/c19-11-13(21)17(29)14(22)12(20)16(11)28-15-9(5-7(23)6-10(15)24)18(25)27-8-1-3-26-4-2-8/h5-6,8,29H,1-4H2. The number of esters is 1. The molecule has 0 amide bonds. The third-order valence-electron chi connectivity index (χ3n) is 4.07. The SMILES string of the molecule is O=C(OC1CCOCC1)c1cc(I)cc(I)c1Oc1c(F)c(F)c(S)c(F)c1F. The van der Waals surface area contributed by atoms with Gasteiger partial charge in [-0.25, -0.2) is 13.6 Å². The summed E-state index contributed by atoms with van der Waals surface area (Å²) in [6, 6.07) is 2.96. The third-order valence-corrected chi connectivity index (χ3v) is 5.89. The van der Waals surface area contributed by atoms with Gasteiger partial charge in [0, 0.05) is 16.4 Å². The normalized spacial score (nSPS) is 14.7. The molecule has 0 atom stereocenters. The summed E-state index contributed by atoms with van der Waals surface area (Å²) in [4.78, 5) is 11.6. The molecule has 11 heteroatoms. The molecule has 0 saturated carbocycles. The monoisotopic (exact) mass is 654 g/mol. The minimum absolute atomic E-state index is 0.123. The smallest absolute Gasteiger partial charge is 0.342 e. The van der Waals surface area contributed by atoms with Crippen molar-refractivity contribution in [3.8, 4) is 11.5 Å². The Morgan fingerprint density at radius 2 is 1.59 bits per heavy atom. The van der Waals surface area contributed by atoms with Gasteiger partial charge < -0.3 is 14.2 Å². The fraction of sp³-hybridized carbons (Fsp3) is 0.278. The number of benzene rings is 2. The van der Waals surface area contributed by atoms with Crippen LogP contribution < -0.4 is 4.74 Å². The van der Waals surface area contributed by atoms with Crippen LogP contribution in [0.1, 0.15) is 23.2 Å². The van der Waals surface area contributed by atoms with Gasteiger partial charge in [0.05, 0.1) is 21.7 Å². The van der Waals surface area contributed by atoms with E-state index in [1.165, 1.54) is 6.07 Å². The lowest BCUT2D eigenvalue weighted by atomic mass is 10.1. The van der Waals surface area contributed by atoms with Crippen molar-refractivity contribution >= 4 is 63.8 Å². The highest BCUT2D eigenvalue weighted by atomic mass is 127. The van der Waals surface area contributed by atoms with E-state index < -0.39 is 39.9 Å². The zero-order valence-corrected chi connectivity index (χ0v) is 19.6. The quantitative estimate of drug-likeness (QED) is 0.148. The molecular formula is C18H12F4I2O4S. The summed E-state index contributed by atoms with van der Waals surface area (Å²) >= 11 is 7.14. The van der Waals surface area contributed by atoms with Crippen LogP contribution in [0.3, 0.4) is 0 Å². The minimum atomic E-state index is -1.76. The molecule has 2 aromatic rings. The zero-order valence-electron chi connectivity index (χ0n) is 14.4. The maximum atomic E-state index is 14.2. The Labute approximate surface area is 196 Å². The predicted octanol–water partition coefficient (Wildman–Crippen LogP) is 5.87. The lowest BCUT2D eigenvalue weighted by molar-refractivity contribution is -0.0160. The van der Waals surface area contributed by atoms with Gasteiger partial charge in [-0.3, -0.25) is 0 Å². The molecule has 0 unspecified atom stereocenters. The van der Waals surface area contributed by atoms with Crippen LogP contribution in [0.2, 0.25) is 0 Å². The van der Waals surface area contributed by atoms with Gasteiger partial charge in [-0.1, -0.05) is 0 Å². The Kier molecular flexibility index (Phi) is 7.54. The van der Waals surface area contributed by atoms with Crippen molar-refractivity contribution in [1.29, 1.82) is 0 Å². The first-order valence-electron chi connectivity index (χ1n) is 8.21. The van der Waals surface area contributed by atoms with Crippen molar-refractivity contribution in [3.05, 3.63) is 48.1 Å². The first-order chi connectivity index (χ1) is 13.7. The number of carbonyl (C=O) groups excluding carboxylic acids is 1. The van der Waals surface area contributed by atoms with Crippen molar-refractivity contribution in [1.82, 2.24) is 0 Å². The fourth-order valence-corrected chi connectivity index (χ4v) is 4.77. The van der Waals surface area contributed by atoms with Crippen LogP contribution >= 0.6 is 57.8 Å². The van der Waals surface area contributed by atoms with Crippen LogP contribution in [0.25, 0.3) is 0 Å². The van der Waals surface area contributed by atoms with Crippen LogP contribution in [-0.4, -0.2) is 25.3 Å². The molecule has 1 aliphatic rings. The number of carbonyl (C=O) groups is 1. The molecule has 0 radical (unpaired) electrons. The van der Waals surface area contributed by atoms with Gasteiger partial charge in [-0.15, -0.1) is 12.6 Å². The Balaban J connectivity index is 2.01.